The zero-order valence-corrected chi connectivity index (χ0v) is 12.3. The van der Waals surface area contributed by atoms with Gasteiger partial charge in [-0.1, -0.05) is 25.4 Å². The molecule has 4 nitrogen and oxygen atoms in total. The number of nitrogens with zero attached hydrogens (tertiary/aromatic N) is 2. The van der Waals surface area contributed by atoms with Crippen LogP contribution in [-0.2, 0) is 0 Å². The minimum atomic E-state index is 0.161. The Labute approximate surface area is 115 Å². The maximum atomic E-state index is 8.74. The largest absolute Gasteiger partial charge is 0.409 e. The topological polar surface area (TPSA) is 61.8 Å². The zero-order valence-electron chi connectivity index (χ0n) is 12.3. The van der Waals surface area contributed by atoms with Gasteiger partial charge in [0.1, 0.15) is 0 Å². The Morgan fingerprint density at radius 1 is 1.42 bits per heavy atom. The van der Waals surface area contributed by atoms with Gasteiger partial charge in [-0.3, -0.25) is 0 Å². The van der Waals surface area contributed by atoms with E-state index in [1.165, 1.54) is 12.1 Å². The second-order valence-corrected chi connectivity index (χ2v) is 5.04. The average Bonchev–Trinajstić information content (AvgIpc) is 2.43. The van der Waals surface area contributed by atoms with Crippen LogP contribution >= 0.6 is 0 Å². The molecule has 4 heteroatoms. The molecule has 0 saturated carbocycles. The van der Waals surface area contributed by atoms with Crippen molar-refractivity contribution in [3.05, 3.63) is 29.3 Å². The molecule has 1 unspecified atom stereocenters. The molecule has 0 aliphatic carbocycles. The number of hydrogen-bond acceptors (Lipinski definition) is 3. The Bertz CT molecular complexity index is 443. The summed E-state index contributed by atoms with van der Waals surface area (Å²) < 4.78 is 0. The van der Waals surface area contributed by atoms with Gasteiger partial charge in [0.05, 0.1) is 0 Å². The van der Waals surface area contributed by atoms with Crippen LogP contribution in [0.5, 0.6) is 0 Å². The smallest absolute Gasteiger partial charge is 0.170 e. The summed E-state index contributed by atoms with van der Waals surface area (Å²) in [6, 6.07) is 6.05. The lowest BCUT2D eigenvalue weighted by atomic mass is 10.0. The van der Waals surface area contributed by atoms with Crippen molar-refractivity contribution >= 4 is 11.5 Å². The van der Waals surface area contributed by atoms with Crippen molar-refractivity contribution in [3.63, 3.8) is 0 Å². The number of hydrogen-bond donors (Lipinski definition) is 2. The fourth-order valence-electron chi connectivity index (χ4n) is 2.11. The molecule has 0 heterocycles. The molecule has 0 aliphatic heterocycles. The monoisotopic (exact) mass is 263 g/mol. The molecule has 0 radical (unpaired) electrons. The highest BCUT2D eigenvalue weighted by molar-refractivity contribution is 5.98. The number of aryl methyl sites for hydroxylation is 1. The SMILES string of the molecule is CCC(C)CN(CC)c1ccc(/C(N)=N/O)c(C)c1. The maximum Gasteiger partial charge on any atom is 0.170 e. The summed E-state index contributed by atoms with van der Waals surface area (Å²) in [4.78, 5) is 2.36. The summed E-state index contributed by atoms with van der Waals surface area (Å²) in [5.41, 5.74) is 8.64. The van der Waals surface area contributed by atoms with E-state index >= 15 is 0 Å². The second kappa shape index (κ2) is 7.02. The van der Waals surface area contributed by atoms with Crippen LogP contribution < -0.4 is 10.6 Å². The van der Waals surface area contributed by atoms with Crippen molar-refractivity contribution in [2.24, 2.45) is 16.8 Å². The predicted octanol–water partition coefficient (Wildman–Crippen LogP) is 2.96. The van der Waals surface area contributed by atoms with E-state index in [0.717, 1.165) is 24.2 Å². The maximum absolute atomic E-state index is 8.74. The van der Waals surface area contributed by atoms with Crippen LogP contribution in [0.3, 0.4) is 0 Å². The predicted molar refractivity (Wildman–Crippen MR) is 81.0 cm³/mol. The molecule has 0 aromatic heterocycles. The Hall–Kier alpha value is -1.71. The molecule has 1 atom stereocenters. The molecule has 1 aromatic rings. The molecule has 0 aliphatic rings. The first kappa shape index (κ1) is 15.3. The summed E-state index contributed by atoms with van der Waals surface area (Å²) in [5, 5.41) is 11.8. The van der Waals surface area contributed by atoms with Gasteiger partial charge in [-0.05, 0) is 43.5 Å². The van der Waals surface area contributed by atoms with Gasteiger partial charge >= 0.3 is 0 Å². The van der Waals surface area contributed by atoms with Crippen molar-refractivity contribution in [1.82, 2.24) is 0 Å². The van der Waals surface area contributed by atoms with Gasteiger partial charge in [0.25, 0.3) is 0 Å². The lowest BCUT2D eigenvalue weighted by Crippen LogP contribution is -2.28. The standard InChI is InChI=1S/C15H25N3O/c1-5-11(3)10-18(6-2)13-7-8-14(12(4)9-13)15(16)17-19/h7-9,11,19H,5-6,10H2,1-4H3,(H2,16,17). The molecule has 106 valence electrons. The van der Waals surface area contributed by atoms with Crippen molar-refractivity contribution in [1.29, 1.82) is 0 Å². The van der Waals surface area contributed by atoms with Crippen LogP contribution in [-0.4, -0.2) is 24.1 Å². The van der Waals surface area contributed by atoms with Crippen LogP contribution in [0.25, 0.3) is 0 Å². The van der Waals surface area contributed by atoms with Crippen LogP contribution in [0, 0.1) is 12.8 Å². The Morgan fingerprint density at radius 3 is 2.58 bits per heavy atom. The summed E-state index contributed by atoms with van der Waals surface area (Å²) in [7, 11) is 0. The van der Waals surface area contributed by atoms with E-state index in [0.29, 0.717) is 5.92 Å². The summed E-state index contributed by atoms with van der Waals surface area (Å²) >= 11 is 0. The Balaban J connectivity index is 2.98. The van der Waals surface area contributed by atoms with Crippen LogP contribution in [0.1, 0.15) is 38.3 Å². The highest BCUT2D eigenvalue weighted by Gasteiger charge is 2.11. The van der Waals surface area contributed by atoms with Gasteiger partial charge in [-0.25, -0.2) is 0 Å². The van der Waals surface area contributed by atoms with Gasteiger partial charge in [-0.2, -0.15) is 0 Å². The van der Waals surface area contributed by atoms with Gasteiger partial charge in [0.15, 0.2) is 5.84 Å². The van der Waals surface area contributed by atoms with E-state index < -0.39 is 0 Å². The fourth-order valence-corrected chi connectivity index (χ4v) is 2.11. The van der Waals surface area contributed by atoms with Gasteiger partial charge in [-0.15, -0.1) is 0 Å². The summed E-state index contributed by atoms with van der Waals surface area (Å²) in [5.74, 6) is 0.832. The highest BCUT2D eigenvalue weighted by atomic mass is 16.4. The summed E-state index contributed by atoms with van der Waals surface area (Å²) in [6.07, 6.45) is 1.18. The van der Waals surface area contributed by atoms with Gasteiger partial charge in [0, 0.05) is 24.3 Å². The molecule has 0 bridgehead atoms. The zero-order chi connectivity index (χ0) is 14.4. The van der Waals surface area contributed by atoms with E-state index in [9.17, 15) is 0 Å². The van der Waals surface area contributed by atoms with Gasteiger partial charge in [0.2, 0.25) is 0 Å². The van der Waals surface area contributed by atoms with Crippen molar-refractivity contribution in [3.8, 4) is 0 Å². The summed E-state index contributed by atoms with van der Waals surface area (Å²) in [6.45, 7) is 10.6. The van der Waals surface area contributed by atoms with Crippen molar-refractivity contribution < 1.29 is 5.21 Å². The van der Waals surface area contributed by atoms with Crippen LogP contribution in [0.15, 0.2) is 23.4 Å². The first-order valence-electron chi connectivity index (χ1n) is 6.86. The molecule has 1 aromatic carbocycles. The minimum Gasteiger partial charge on any atom is -0.409 e. The Kier molecular flexibility index (Phi) is 5.67. The van der Waals surface area contributed by atoms with Crippen LogP contribution in [0.4, 0.5) is 5.69 Å². The third kappa shape index (κ3) is 3.88. The van der Waals surface area contributed by atoms with E-state index in [1.54, 1.807) is 0 Å². The van der Waals surface area contributed by atoms with E-state index in [1.807, 2.05) is 19.1 Å². The number of amidine groups is 1. The Morgan fingerprint density at radius 2 is 2.11 bits per heavy atom. The van der Waals surface area contributed by atoms with Crippen LogP contribution in [0.2, 0.25) is 0 Å². The number of rotatable bonds is 6. The molecule has 0 spiro atoms. The van der Waals surface area contributed by atoms with Gasteiger partial charge < -0.3 is 15.8 Å². The van der Waals surface area contributed by atoms with Crippen molar-refractivity contribution in [2.45, 2.75) is 34.1 Å². The molecule has 0 saturated heterocycles. The average molecular weight is 263 g/mol. The molecule has 3 N–H and O–H groups in total. The third-order valence-corrected chi connectivity index (χ3v) is 3.57. The number of oxime groups is 1. The molecular weight excluding hydrogens is 238 g/mol. The number of anilines is 1. The molecular formula is C15H25N3O. The first-order valence-corrected chi connectivity index (χ1v) is 6.86. The molecule has 0 fully saturated rings. The molecule has 19 heavy (non-hydrogen) atoms. The lowest BCUT2D eigenvalue weighted by Gasteiger charge is -2.27. The molecule has 0 amide bonds. The number of nitrogens with two attached hydrogens (primary N) is 1. The minimum absolute atomic E-state index is 0.161. The second-order valence-electron chi connectivity index (χ2n) is 5.04. The molecule has 1 rings (SSSR count). The van der Waals surface area contributed by atoms with E-state index in [-0.39, 0.29) is 5.84 Å². The van der Waals surface area contributed by atoms with E-state index in [2.05, 4.69) is 36.9 Å². The number of benzene rings is 1. The highest BCUT2D eigenvalue weighted by Crippen LogP contribution is 2.20. The van der Waals surface area contributed by atoms with Crippen molar-refractivity contribution in [2.75, 3.05) is 18.0 Å². The normalized spacial score (nSPS) is 13.4. The first-order chi connectivity index (χ1) is 9.03. The lowest BCUT2D eigenvalue weighted by molar-refractivity contribution is 0.318. The van der Waals surface area contributed by atoms with E-state index in [4.69, 9.17) is 10.9 Å². The third-order valence-electron chi connectivity index (χ3n) is 3.57. The fraction of sp³-hybridized carbons (Fsp3) is 0.533. The quantitative estimate of drug-likeness (QED) is 0.359.